The zero-order valence-corrected chi connectivity index (χ0v) is 18.9. The number of rotatable bonds is 4. The smallest absolute Gasteiger partial charge is 0.250 e. The molecule has 1 amide bonds. The van der Waals surface area contributed by atoms with Crippen LogP contribution in [0.1, 0.15) is 65.8 Å². The van der Waals surface area contributed by atoms with Gasteiger partial charge in [0.05, 0.1) is 17.2 Å². The van der Waals surface area contributed by atoms with Gasteiger partial charge in [-0.15, -0.1) is 0 Å². The van der Waals surface area contributed by atoms with Crippen molar-refractivity contribution in [2.24, 2.45) is 11.1 Å². The molecule has 6 nitrogen and oxygen atoms in total. The van der Waals surface area contributed by atoms with E-state index in [0.29, 0.717) is 23.2 Å². The number of benzene rings is 2. The third-order valence-electron chi connectivity index (χ3n) is 7.93. The Morgan fingerprint density at radius 2 is 1.85 bits per heavy atom. The number of anilines is 1. The Balaban J connectivity index is 1.50. The number of aliphatic hydroxyl groups excluding tert-OH is 1. The van der Waals surface area contributed by atoms with Crippen molar-refractivity contribution in [1.82, 2.24) is 4.57 Å². The molecule has 4 N–H and O–H groups in total. The highest BCUT2D eigenvalue weighted by Gasteiger charge is 2.49. The number of carbonyl (C=O) groups is 2. The van der Waals surface area contributed by atoms with Gasteiger partial charge in [-0.25, -0.2) is 4.39 Å². The largest absolute Gasteiger partial charge is 0.393 e. The Bertz CT molecular complexity index is 1330. The van der Waals surface area contributed by atoms with Crippen LogP contribution >= 0.6 is 0 Å². The number of carbonyl (C=O) groups excluding carboxylic acids is 2. The highest BCUT2D eigenvalue weighted by atomic mass is 19.1. The summed E-state index contributed by atoms with van der Waals surface area (Å²) in [5.41, 5.74) is 10.1. The summed E-state index contributed by atoms with van der Waals surface area (Å²) in [5.74, 6) is -0.860. The van der Waals surface area contributed by atoms with Crippen LogP contribution < -0.4 is 11.1 Å². The lowest BCUT2D eigenvalue weighted by atomic mass is 9.88. The van der Waals surface area contributed by atoms with Gasteiger partial charge in [-0.2, -0.15) is 0 Å². The van der Waals surface area contributed by atoms with E-state index in [0.717, 1.165) is 67.2 Å². The lowest BCUT2D eigenvalue weighted by Gasteiger charge is -2.28. The summed E-state index contributed by atoms with van der Waals surface area (Å²) in [5, 5.41) is 14.2. The van der Waals surface area contributed by atoms with E-state index in [1.165, 1.54) is 12.1 Å². The lowest BCUT2D eigenvalue weighted by molar-refractivity contribution is 0.0851. The first-order valence-electron chi connectivity index (χ1n) is 12.1. The van der Waals surface area contributed by atoms with E-state index < -0.39 is 5.91 Å². The van der Waals surface area contributed by atoms with Gasteiger partial charge in [0.2, 0.25) is 5.91 Å². The monoisotopic (exact) mass is 461 g/mol. The molecule has 2 fully saturated rings. The average molecular weight is 462 g/mol. The standard InChI is InChI=1S/C27H28FN3O3/c28-16-2-8-20-22(12-16)31-23(13-27(9-10-27)14-24(31)33)25(20)15-1-7-19(26(29)34)21(11-15)30-17-3-5-18(32)6-4-17/h1-2,7-8,11-12,17-18,30,32H,3-6,9-10,13-14H2,(H2,29,34)/t17-,18-. The average Bonchev–Trinajstić information content (AvgIpc) is 3.45. The Labute approximate surface area is 196 Å². The molecule has 0 bridgehead atoms. The minimum absolute atomic E-state index is 0.0217. The maximum atomic E-state index is 14.2. The number of aromatic nitrogens is 1. The minimum atomic E-state index is -0.511. The number of amides is 1. The molecule has 1 aromatic heterocycles. The molecule has 3 aliphatic rings. The molecule has 3 aromatic rings. The van der Waals surface area contributed by atoms with Crippen molar-refractivity contribution >= 4 is 28.4 Å². The van der Waals surface area contributed by atoms with Crippen molar-refractivity contribution in [3.63, 3.8) is 0 Å². The number of primary amides is 1. The Hall–Kier alpha value is -3.19. The third kappa shape index (κ3) is 3.50. The minimum Gasteiger partial charge on any atom is -0.393 e. The third-order valence-corrected chi connectivity index (χ3v) is 7.93. The zero-order chi connectivity index (χ0) is 23.6. The molecule has 7 heteroatoms. The van der Waals surface area contributed by atoms with Gasteiger partial charge in [-0.05, 0) is 86.3 Å². The SMILES string of the molecule is NC(=O)c1ccc(-c2c3n(c4cc(F)ccc24)C(=O)CC2(CC2)C3)cc1N[C@H]1CC[C@H](O)CC1. The van der Waals surface area contributed by atoms with Gasteiger partial charge in [0, 0.05) is 34.8 Å². The fourth-order valence-electron chi connectivity index (χ4n) is 5.91. The summed E-state index contributed by atoms with van der Waals surface area (Å²) in [4.78, 5) is 25.3. The van der Waals surface area contributed by atoms with Gasteiger partial charge in [0.1, 0.15) is 5.82 Å². The highest BCUT2D eigenvalue weighted by Crippen LogP contribution is 2.56. The van der Waals surface area contributed by atoms with Crippen LogP contribution in [0.2, 0.25) is 0 Å². The first kappa shape index (κ1) is 21.4. The Morgan fingerprint density at radius 1 is 1.09 bits per heavy atom. The molecule has 2 heterocycles. The molecule has 0 radical (unpaired) electrons. The second-order valence-corrected chi connectivity index (χ2v) is 10.3. The molecule has 2 saturated carbocycles. The molecular formula is C27H28FN3O3. The van der Waals surface area contributed by atoms with Crippen LogP contribution in [-0.2, 0) is 6.42 Å². The topological polar surface area (TPSA) is 97.4 Å². The molecule has 6 rings (SSSR count). The molecule has 0 atom stereocenters. The predicted molar refractivity (Wildman–Crippen MR) is 128 cm³/mol. The number of hydrogen-bond acceptors (Lipinski definition) is 4. The van der Waals surface area contributed by atoms with Crippen molar-refractivity contribution < 1.29 is 19.1 Å². The van der Waals surface area contributed by atoms with E-state index in [2.05, 4.69) is 5.32 Å². The van der Waals surface area contributed by atoms with Gasteiger partial charge in [0.15, 0.2) is 0 Å². The zero-order valence-electron chi connectivity index (χ0n) is 18.9. The maximum Gasteiger partial charge on any atom is 0.250 e. The molecule has 2 aromatic carbocycles. The van der Waals surface area contributed by atoms with Gasteiger partial charge < -0.3 is 16.2 Å². The second-order valence-electron chi connectivity index (χ2n) is 10.3. The molecule has 0 saturated heterocycles. The van der Waals surface area contributed by atoms with E-state index in [1.54, 1.807) is 16.7 Å². The first-order valence-corrected chi connectivity index (χ1v) is 12.1. The fourth-order valence-corrected chi connectivity index (χ4v) is 5.91. The quantitative estimate of drug-likeness (QED) is 0.528. The molecule has 1 aliphatic heterocycles. The second kappa shape index (κ2) is 7.67. The van der Waals surface area contributed by atoms with E-state index in [4.69, 9.17) is 5.73 Å². The molecule has 1 spiro atoms. The van der Waals surface area contributed by atoms with Crippen LogP contribution in [0.4, 0.5) is 10.1 Å². The van der Waals surface area contributed by atoms with Gasteiger partial charge in [0.25, 0.3) is 5.91 Å². The van der Waals surface area contributed by atoms with Crippen LogP contribution in [0, 0.1) is 11.2 Å². The van der Waals surface area contributed by atoms with Gasteiger partial charge in [-0.3, -0.25) is 14.2 Å². The number of hydrogen-bond donors (Lipinski definition) is 3. The lowest BCUT2D eigenvalue weighted by Crippen LogP contribution is -2.29. The normalized spacial score (nSPS) is 23.2. The number of halogens is 1. The Kier molecular flexibility index (Phi) is 4.81. The van der Waals surface area contributed by atoms with Crippen molar-refractivity contribution in [3.05, 3.63) is 53.5 Å². The van der Waals surface area contributed by atoms with E-state index in [1.807, 2.05) is 12.1 Å². The summed E-state index contributed by atoms with van der Waals surface area (Å²) in [6, 6.07) is 10.3. The predicted octanol–water partition coefficient (Wildman–Crippen LogP) is 4.63. The van der Waals surface area contributed by atoms with Crippen molar-refractivity contribution in [2.45, 2.75) is 63.5 Å². The maximum absolute atomic E-state index is 14.2. The molecule has 0 unspecified atom stereocenters. The van der Waals surface area contributed by atoms with Gasteiger partial charge in [-0.1, -0.05) is 6.07 Å². The number of nitrogens with zero attached hydrogens (tertiary/aromatic N) is 1. The summed E-state index contributed by atoms with van der Waals surface area (Å²) < 4.78 is 15.9. The summed E-state index contributed by atoms with van der Waals surface area (Å²) in [6.45, 7) is 0. The van der Waals surface area contributed by atoms with Crippen molar-refractivity contribution in [2.75, 3.05) is 5.32 Å². The van der Waals surface area contributed by atoms with Crippen LogP contribution in [-0.4, -0.2) is 33.6 Å². The number of nitrogens with one attached hydrogen (secondary N) is 1. The van der Waals surface area contributed by atoms with Crippen LogP contribution in [0.5, 0.6) is 0 Å². The summed E-state index contributed by atoms with van der Waals surface area (Å²) in [6.07, 6.45) is 6.14. The first-order chi connectivity index (χ1) is 16.3. The van der Waals surface area contributed by atoms with E-state index in [-0.39, 0.29) is 29.3 Å². The van der Waals surface area contributed by atoms with Crippen molar-refractivity contribution in [1.29, 1.82) is 0 Å². The molecule has 34 heavy (non-hydrogen) atoms. The number of fused-ring (bicyclic) bond motifs is 3. The molecular weight excluding hydrogens is 433 g/mol. The molecule has 2 aliphatic carbocycles. The number of aliphatic hydroxyl groups is 1. The highest BCUT2D eigenvalue weighted by molar-refractivity contribution is 6.06. The summed E-state index contributed by atoms with van der Waals surface area (Å²) in [7, 11) is 0. The van der Waals surface area contributed by atoms with Gasteiger partial charge >= 0.3 is 0 Å². The number of nitrogens with two attached hydrogens (primary N) is 1. The van der Waals surface area contributed by atoms with E-state index >= 15 is 0 Å². The van der Waals surface area contributed by atoms with Crippen molar-refractivity contribution in [3.8, 4) is 11.1 Å². The molecule has 176 valence electrons. The fraction of sp³-hybridized carbons (Fsp3) is 0.407. The van der Waals surface area contributed by atoms with Crippen LogP contribution in [0.3, 0.4) is 0 Å². The van der Waals surface area contributed by atoms with Crippen LogP contribution in [0.15, 0.2) is 36.4 Å². The Morgan fingerprint density at radius 3 is 2.56 bits per heavy atom. The van der Waals surface area contributed by atoms with E-state index in [9.17, 15) is 19.1 Å². The summed E-state index contributed by atoms with van der Waals surface area (Å²) >= 11 is 0. The van der Waals surface area contributed by atoms with Crippen LogP contribution in [0.25, 0.3) is 22.0 Å².